The van der Waals surface area contributed by atoms with Crippen molar-refractivity contribution in [2.24, 2.45) is 5.84 Å². The van der Waals surface area contributed by atoms with Gasteiger partial charge in [0.15, 0.2) is 0 Å². The maximum absolute atomic E-state index is 5.92. The van der Waals surface area contributed by atoms with Crippen LogP contribution in [-0.2, 0) is 6.42 Å². The first-order valence-corrected chi connectivity index (χ1v) is 7.65. The second kappa shape index (κ2) is 6.02. The van der Waals surface area contributed by atoms with Gasteiger partial charge in [0.1, 0.15) is 11.3 Å². The fourth-order valence-corrected chi connectivity index (χ4v) is 2.94. The van der Waals surface area contributed by atoms with Gasteiger partial charge in [-0.3, -0.25) is 5.84 Å². The molecule has 0 saturated heterocycles. The van der Waals surface area contributed by atoms with Crippen molar-refractivity contribution in [2.45, 2.75) is 19.4 Å². The van der Waals surface area contributed by atoms with E-state index in [2.05, 4.69) is 58.6 Å². The van der Waals surface area contributed by atoms with Crippen molar-refractivity contribution in [3.05, 3.63) is 69.9 Å². The van der Waals surface area contributed by atoms with E-state index in [1.54, 1.807) is 0 Å². The second-order valence-electron chi connectivity index (χ2n) is 5.24. The van der Waals surface area contributed by atoms with E-state index < -0.39 is 0 Å². The fraction of sp³-hybridized carbons (Fsp3) is 0.176. The van der Waals surface area contributed by atoms with Crippen LogP contribution in [0.25, 0.3) is 11.0 Å². The number of nitrogens with two attached hydrogens (primary N) is 1. The summed E-state index contributed by atoms with van der Waals surface area (Å²) in [4.78, 5) is 0. The molecule has 0 amide bonds. The molecular formula is C17H17BrN2O. The first kappa shape index (κ1) is 14.3. The molecule has 0 bridgehead atoms. The Kier molecular flexibility index (Phi) is 4.10. The molecule has 0 radical (unpaired) electrons. The molecule has 3 rings (SSSR count). The van der Waals surface area contributed by atoms with E-state index in [0.29, 0.717) is 0 Å². The van der Waals surface area contributed by atoms with E-state index in [9.17, 15) is 0 Å². The largest absolute Gasteiger partial charge is 0.459 e. The molecule has 21 heavy (non-hydrogen) atoms. The van der Waals surface area contributed by atoms with Crippen LogP contribution in [0, 0.1) is 6.92 Å². The molecule has 1 heterocycles. The average molecular weight is 345 g/mol. The van der Waals surface area contributed by atoms with Gasteiger partial charge in [0.2, 0.25) is 0 Å². The molecule has 0 fully saturated rings. The van der Waals surface area contributed by atoms with Crippen molar-refractivity contribution in [1.29, 1.82) is 0 Å². The van der Waals surface area contributed by atoms with Crippen molar-refractivity contribution in [2.75, 3.05) is 0 Å². The molecule has 108 valence electrons. The Bertz CT molecular complexity index is 766. The van der Waals surface area contributed by atoms with Crippen molar-refractivity contribution >= 4 is 26.9 Å². The lowest BCUT2D eigenvalue weighted by Gasteiger charge is -2.13. The molecule has 0 saturated carbocycles. The molecule has 3 N–H and O–H groups in total. The summed E-state index contributed by atoms with van der Waals surface area (Å²) in [5.41, 5.74) is 6.17. The minimum Gasteiger partial charge on any atom is -0.459 e. The van der Waals surface area contributed by atoms with E-state index in [0.717, 1.165) is 27.6 Å². The van der Waals surface area contributed by atoms with Crippen LogP contribution in [-0.4, -0.2) is 0 Å². The summed E-state index contributed by atoms with van der Waals surface area (Å²) in [5, 5.41) is 1.11. The topological polar surface area (TPSA) is 51.2 Å². The van der Waals surface area contributed by atoms with Gasteiger partial charge in [0.25, 0.3) is 0 Å². The summed E-state index contributed by atoms with van der Waals surface area (Å²) >= 11 is 3.49. The Morgan fingerprint density at radius 2 is 2.05 bits per heavy atom. The normalized spacial score (nSPS) is 12.7. The summed E-state index contributed by atoms with van der Waals surface area (Å²) in [6, 6.07) is 16.4. The van der Waals surface area contributed by atoms with Crippen molar-refractivity contribution in [3.63, 3.8) is 0 Å². The molecule has 1 aromatic heterocycles. The molecule has 0 aliphatic rings. The quantitative estimate of drug-likeness (QED) is 0.549. The molecular weight excluding hydrogens is 328 g/mol. The lowest BCUT2D eigenvalue weighted by atomic mass is 10.0. The van der Waals surface area contributed by atoms with Crippen molar-refractivity contribution in [1.82, 2.24) is 5.43 Å². The molecule has 1 unspecified atom stereocenters. The van der Waals surface area contributed by atoms with Crippen LogP contribution in [0.15, 0.2) is 57.4 Å². The molecule has 2 aromatic carbocycles. The average Bonchev–Trinajstić information content (AvgIpc) is 2.87. The number of hydrazine groups is 1. The molecule has 3 nitrogen and oxygen atoms in total. The van der Waals surface area contributed by atoms with Crippen LogP contribution >= 0.6 is 15.9 Å². The van der Waals surface area contributed by atoms with Crippen LogP contribution in [0.4, 0.5) is 0 Å². The molecule has 3 aromatic rings. The van der Waals surface area contributed by atoms with Crippen molar-refractivity contribution < 1.29 is 4.42 Å². The van der Waals surface area contributed by atoms with Gasteiger partial charge in [-0.1, -0.05) is 39.7 Å². The maximum Gasteiger partial charge on any atom is 0.134 e. The highest BCUT2D eigenvalue weighted by atomic mass is 79.9. The first-order chi connectivity index (χ1) is 10.2. The molecule has 4 heteroatoms. The zero-order valence-corrected chi connectivity index (χ0v) is 13.4. The lowest BCUT2D eigenvalue weighted by molar-refractivity contribution is 0.434. The highest BCUT2D eigenvalue weighted by Gasteiger charge is 2.16. The monoisotopic (exact) mass is 344 g/mol. The Balaban J connectivity index is 1.90. The minimum absolute atomic E-state index is 0.0491. The number of fused-ring (bicyclic) bond motifs is 1. The number of halogens is 1. The van der Waals surface area contributed by atoms with Gasteiger partial charge in [-0.15, -0.1) is 0 Å². The van der Waals surface area contributed by atoms with E-state index in [1.165, 1.54) is 11.1 Å². The van der Waals surface area contributed by atoms with E-state index >= 15 is 0 Å². The van der Waals surface area contributed by atoms with Gasteiger partial charge in [-0.05, 0) is 49.2 Å². The molecule has 0 aliphatic carbocycles. The summed E-state index contributed by atoms with van der Waals surface area (Å²) in [6.45, 7) is 2.08. The third-order valence-electron chi connectivity index (χ3n) is 3.56. The summed E-state index contributed by atoms with van der Waals surface area (Å²) < 4.78 is 6.99. The van der Waals surface area contributed by atoms with Gasteiger partial charge >= 0.3 is 0 Å². The predicted octanol–water partition coefficient (Wildman–Crippen LogP) is 4.25. The Morgan fingerprint density at radius 3 is 2.81 bits per heavy atom. The maximum atomic E-state index is 5.92. The third kappa shape index (κ3) is 3.18. The Labute approximate surface area is 132 Å². The summed E-state index contributed by atoms with van der Waals surface area (Å²) in [7, 11) is 0. The van der Waals surface area contributed by atoms with Gasteiger partial charge in [-0.2, -0.15) is 0 Å². The van der Waals surface area contributed by atoms with Gasteiger partial charge in [0, 0.05) is 9.86 Å². The zero-order valence-electron chi connectivity index (χ0n) is 11.8. The number of hydrogen-bond acceptors (Lipinski definition) is 3. The number of furan rings is 1. The van der Waals surface area contributed by atoms with Crippen LogP contribution in [0.5, 0.6) is 0 Å². The highest BCUT2D eigenvalue weighted by molar-refractivity contribution is 9.10. The zero-order chi connectivity index (χ0) is 14.8. The minimum atomic E-state index is -0.0491. The smallest absolute Gasteiger partial charge is 0.134 e. The van der Waals surface area contributed by atoms with E-state index in [4.69, 9.17) is 10.3 Å². The number of rotatable bonds is 4. The van der Waals surface area contributed by atoms with Crippen LogP contribution in [0.1, 0.15) is 22.9 Å². The standard InChI is InChI=1S/C17H17BrN2O/c1-11-5-6-16-13(7-11)10-17(21-16)15(20-19)9-12-3-2-4-14(18)8-12/h2-8,10,15,20H,9,19H2,1H3. The lowest BCUT2D eigenvalue weighted by Crippen LogP contribution is -2.29. The predicted molar refractivity (Wildman–Crippen MR) is 88.9 cm³/mol. The number of nitrogens with one attached hydrogen (secondary N) is 1. The molecule has 0 spiro atoms. The summed E-state index contributed by atoms with van der Waals surface area (Å²) in [6.07, 6.45) is 0.773. The fourth-order valence-electron chi connectivity index (χ4n) is 2.50. The Morgan fingerprint density at radius 1 is 1.19 bits per heavy atom. The van der Waals surface area contributed by atoms with Crippen LogP contribution in [0.3, 0.4) is 0 Å². The van der Waals surface area contributed by atoms with E-state index in [-0.39, 0.29) is 6.04 Å². The molecule has 1 atom stereocenters. The Hall–Kier alpha value is -1.62. The summed E-state index contributed by atoms with van der Waals surface area (Å²) in [5.74, 6) is 6.58. The number of aryl methyl sites for hydroxylation is 1. The third-order valence-corrected chi connectivity index (χ3v) is 4.06. The highest BCUT2D eigenvalue weighted by Crippen LogP contribution is 2.27. The van der Waals surface area contributed by atoms with Gasteiger partial charge in [0.05, 0.1) is 6.04 Å². The van der Waals surface area contributed by atoms with Crippen LogP contribution in [0.2, 0.25) is 0 Å². The van der Waals surface area contributed by atoms with Gasteiger partial charge < -0.3 is 4.42 Å². The first-order valence-electron chi connectivity index (χ1n) is 6.86. The molecule has 0 aliphatic heterocycles. The SMILES string of the molecule is Cc1ccc2oc(C(Cc3cccc(Br)c3)NN)cc2c1. The van der Waals surface area contributed by atoms with Crippen LogP contribution < -0.4 is 11.3 Å². The second-order valence-corrected chi connectivity index (χ2v) is 6.16. The number of hydrogen-bond donors (Lipinski definition) is 2. The van der Waals surface area contributed by atoms with E-state index in [1.807, 2.05) is 18.2 Å². The van der Waals surface area contributed by atoms with Gasteiger partial charge in [-0.25, -0.2) is 5.43 Å². The van der Waals surface area contributed by atoms with Crippen molar-refractivity contribution in [3.8, 4) is 0 Å². The number of benzene rings is 2.